The SMILES string of the molecule is CCC[C@@H](C(=O)c1cc([C@H](OC)C(C)C)c(OCOC)c(CO)c1O)[C@@H]1C[C@H](O)[C@]2(O[C@@H]2CC)[C@@H](O)O1. The third kappa shape index (κ3) is 5.52. The van der Waals surface area contributed by atoms with E-state index in [-0.39, 0.29) is 42.1 Å². The third-order valence-electron chi connectivity index (χ3n) is 7.50. The van der Waals surface area contributed by atoms with Crippen LogP contribution in [0.2, 0.25) is 0 Å². The minimum Gasteiger partial charge on any atom is -0.507 e. The Morgan fingerprint density at radius 3 is 2.43 bits per heavy atom. The van der Waals surface area contributed by atoms with Crippen molar-refractivity contribution in [2.45, 2.75) is 96.3 Å². The molecular formula is C27H42O10. The lowest BCUT2D eigenvalue weighted by molar-refractivity contribution is -0.239. The summed E-state index contributed by atoms with van der Waals surface area (Å²) in [5, 5.41) is 42.9. The first-order valence-corrected chi connectivity index (χ1v) is 13.0. The zero-order chi connectivity index (χ0) is 27.5. The second-order valence-corrected chi connectivity index (χ2v) is 10.2. The van der Waals surface area contributed by atoms with Gasteiger partial charge in [0.25, 0.3) is 0 Å². The third-order valence-corrected chi connectivity index (χ3v) is 7.50. The molecule has 0 amide bonds. The van der Waals surface area contributed by atoms with Crippen LogP contribution in [0.4, 0.5) is 0 Å². The maximum Gasteiger partial charge on any atom is 0.189 e. The number of hydrogen-bond acceptors (Lipinski definition) is 10. The molecule has 0 aromatic heterocycles. The molecule has 2 aliphatic rings. The summed E-state index contributed by atoms with van der Waals surface area (Å²) in [4.78, 5) is 14.0. The molecule has 10 heteroatoms. The number of ether oxygens (including phenoxy) is 5. The maximum atomic E-state index is 14.0. The number of phenols is 1. The number of rotatable bonds is 13. The average molecular weight is 527 g/mol. The van der Waals surface area contributed by atoms with Gasteiger partial charge in [0, 0.05) is 32.1 Å². The maximum absolute atomic E-state index is 14.0. The molecule has 0 radical (unpaired) electrons. The quantitative estimate of drug-likeness (QED) is 0.172. The number of Topliss-reactive ketones (excluding diaryl/α,β-unsaturated/α-hetero) is 1. The van der Waals surface area contributed by atoms with Gasteiger partial charge in [-0.25, -0.2) is 0 Å². The summed E-state index contributed by atoms with van der Waals surface area (Å²) in [5.41, 5.74) is -0.618. The normalized spacial score (nSPS) is 28.9. The van der Waals surface area contributed by atoms with E-state index >= 15 is 0 Å². The predicted octanol–water partition coefficient (Wildman–Crippen LogP) is 2.83. The van der Waals surface area contributed by atoms with Gasteiger partial charge in [-0.3, -0.25) is 4.79 Å². The Morgan fingerprint density at radius 2 is 1.95 bits per heavy atom. The zero-order valence-corrected chi connectivity index (χ0v) is 22.6. The molecule has 10 nitrogen and oxygen atoms in total. The number of ketones is 1. The zero-order valence-electron chi connectivity index (χ0n) is 22.6. The molecule has 0 aliphatic carbocycles. The Bertz CT molecular complexity index is 920. The summed E-state index contributed by atoms with van der Waals surface area (Å²) in [6, 6.07) is 1.53. The standard InChI is InChI=1S/C27H42O10/c1-7-9-15(19-11-20(29)27(26(32)36-19)21(8-2)37-27)22(30)16-10-17(24(34-6)14(3)4)25(35-13-33-5)18(12-28)23(16)31/h10,14-15,19-21,24,26,28-29,31-32H,7-9,11-13H2,1-6H3/t15-,19+,20+,21-,24-,26+,27-/m1/s1. The van der Waals surface area contributed by atoms with E-state index in [0.29, 0.717) is 24.8 Å². The molecule has 2 heterocycles. The number of benzene rings is 1. The van der Waals surface area contributed by atoms with E-state index in [0.717, 1.165) is 0 Å². The molecule has 1 spiro atoms. The van der Waals surface area contributed by atoms with E-state index in [4.69, 9.17) is 23.7 Å². The van der Waals surface area contributed by atoms with Crippen LogP contribution in [0.5, 0.6) is 11.5 Å². The van der Waals surface area contributed by atoms with Gasteiger partial charge in [-0.15, -0.1) is 0 Å². The molecule has 7 atom stereocenters. The van der Waals surface area contributed by atoms with Gasteiger partial charge in [0.05, 0.1) is 42.1 Å². The molecule has 1 aromatic carbocycles. The number of aromatic hydroxyl groups is 1. The Labute approximate surface area is 218 Å². The number of methoxy groups -OCH3 is 2. The first-order chi connectivity index (χ1) is 17.6. The van der Waals surface area contributed by atoms with Crippen molar-refractivity contribution in [2.24, 2.45) is 11.8 Å². The van der Waals surface area contributed by atoms with E-state index in [9.17, 15) is 25.2 Å². The van der Waals surface area contributed by atoms with Gasteiger partial charge in [0.15, 0.2) is 24.5 Å². The lowest BCUT2D eigenvalue weighted by atomic mass is 9.80. The van der Waals surface area contributed by atoms with Crippen LogP contribution >= 0.6 is 0 Å². The van der Waals surface area contributed by atoms with E-state index < -0.39 is 54.3 Å². The first-order valence-electron chi connectivity index (χ1n) is 13.0. The van der Waals surface area contributed by atoms with Gasteiger partial charge >= 0.3 is 0 Å². The molecule has 2 aliphatic heterocycles. The highest BCUT2D eigenvalue weighted by atomic mass is 16.7. The molecule has 4 N–H and O–H groups in total. The van der Waals surface area contributed by atoms with Gasteiger partial charge < -0.3 is 44.1 Å². The number of epoxide rings is 1. The number of hydrogen-bond donors (Lipinski definition) is 4. The molecule has 2 fully saturated rings. The van der Waals surface area contributed by atoms with Crippen molar-refractivity contribution < 1.29 is 48.9 Å². The monoisotopic (exact) mass is 526 g/mol. The average Bonchev–Trinajstić information content (AvgIpc) is 3.61. The molecule has 210 valence electrons. The topological polar surface area (TPSA) is 147 Å². The van der Waals surface area contributed by atoms with Crippen molar-refractivity contribution in [3.63, 3.8) is 0 Å². The minimum absolute atomic E-state index is 0.00746. The van der Waals surface area contributed by atoms with E-state index in [1.165, 1.54) is 20.3 Å². The lowest BCUT2D eigenvalue weighted by Gasteiger charge is -2.39. The fraction of sp³-hybridized carbons (Fsp3) is 0.741. The van der Waals surface area contributed by atoms with Crippen LogP contribution in [0.1, 0.15) is 81.0 Å². The van der Waals surface area contributed by atoms with Crippen LogP contribution < -0.4 is 4.74 Å². The highest BCUT2D eigenvalue weighted by Crippen LogP contribution is 2.51. The van der Waals surface area contributed by atoms with Crippen LogP contribution in [0, 0.1) is 11.8 Å². The van der Waals surface area contributed by atoms with Gasteiger partial charge in [-0.2, -0.15) is 0 Å². The molecule has 3 rings (SSSR count). The van der Waals surface area contributed by atoms with Crippen molar-refractivity contribution in [1.82, 2.24) is 0 Å². The minimum atomic E-state index is -1.38. The fourth-order valence-corrected chi connectivity index (χ4v) is 5.60. The van der Waals surface area contributed by atoms with Gasteiger partial charge in [-0.1, -0.05) is 34.1 Å². The molecule has 0 unspecified atom stereocenters. The molecular weight excluding hydrogens is 484 g/mol. The van der Waals surface area contributed by atoms with Crippen LogP contribution in [0.3, 0.4) is 0 Å². The molecule has 37 heavy (non-hydrogen) atoms. The Hall–Kier alpha value is -1.79. The summed E-state index contributed by atoms with van der Waals surface area (Å²) in [6.45, 7) is 6.99. The van der Waals surface area contributed by atoms with E-state index in [2.05, 4.69) is 0 Å². The van der Waals surface area contributed by atoms with Gasteiger partial charge in [-0.05, 0) is 24.8 Å². The molecule has 2 saturated heterocycles. The summed E-state index contributed by atoms with van der Waals surface area (Å²) < 4.78 is 27.9. The van der Waals surface area contributed by atoms with Crippen molar-refractivity contribution >= 4 is 5.78 Å². The number of carbonyl (C=O) groups is 1. The summed E-state index contributed by atoms with van der Waals surface area (Å²) in [5.74, 6) is -1.40. The van der Waals surface area contributed by atoms with Crippen molar-refractivity contribution in [2.75, 3.05) is 21.0 Å². The first kappa shape index (κ1) is 29.8. The summed E-state index contributed by atoms with van der Waals surface area (Å²) in [7, 11) is 2.99. The largest absolute Gasteiger partial charge is 0.507 e. The number of carbonyl (C=O) groups excluding carboxylic acids is 1. The highest BCUT2D eigenvalue weighted by molar-refractivity contribution is 6.01. The van der Waals surface area contributed by atoms with Crippen LogP contribution in [-0.4, -0.2) is 77.4 Å². The second kappa shape index (κ2) is 12.4. The van der Waals surface area contributed by atoms with Gasteiger partial charge in [0.2, 0.25) is 0 Å². The van der Waals surface area contributed by atoms with Crippen LogP contribution in [0.15, 0.2) is 6.07 Å². The predicted molar refractivity (Wildman–Crippen MR) is 133 cm³/mol. The van der Waals surface area contributed by atoms with Crippen molar-refractivity contribution in [3.8, 4) is 11.5 Å². The lowest BCUT2D eigenvalue weighted by Crippen LogP contribution is -2.55. The van der Waals surface area contributed by atoms with Gasteiger partial charge in [0.1, 0.15) is 11.5 Å². The number of aliphatic hydroxyl groups excluding tert-OH is 3. The Kier molecular flexibility index (Phi) is 9.96. The van der Waals surface area contributed by atoms with E-state index in [1.54, 1.807) is 0 Å². The summed E-state index contributed by atoms with van der Waals surface area (Å²) >= 11 is 0. The Balaban J connectivity index is 2.03. The second-order valence-electron chi connectivity index (χ2n) is 10.2. The number of aliphatic hydroxyl groups is 3. The van der Waals surface area contributed by atoms with Crippen molar-refractivity contribution in [1.29, 1.82) is 0 Å². The smallest absolute Gasteiger partial charge is 0.189 e. The van der Waals surface area contributed by atoms with E-state index in [1.807, 2.05) is 27.7 Å². The highest BCUT2D eigenvalue weighted by Gasteiger charge is 2.68. The van der Waals surface area contributed by atoms with Crippen LogP contribution in [0.25, 0.3) is 0 Å². The Morgan fingerprint density at radius 1 is 1.24 bits per heavy atom. The molecule has 0 bridgehead atoms. The fourth-order valence-electron chi connectivity index (χ4n) is 5.60. The van der Waals surface area contributed by atoms with Crippen molar-refractivity contribution in [3.05, 3.63) is 22.8 Å². The molecule has 1 aromatic rings. The summed E-state index contributed by atoms with van der Waals surface area (Å²) in [6.07, 6.45) is -2.22. The molecule has 0 saturated carbocycles. The van der Waals surface area contributed by atoms with Crippen LogP contribution in [-0.2, 0) is 25.6 Å².